The number of carbonyl (C=O) groups is 3. The molecule has 1 heterocycles. The molecule has 1 aliphatic heterocycles. The van der Waals surface area contributed by atoms with Crippen molar-refractivity contribution in [1.29, 1.82) is 0 Å². The number of carboxylic acids is 1. The first kappa shape index (κ1) is 24.9. The molecular formula is C24H26BrFN2O5. The Morgan fingerprint density at radius 3 is 2.52 bits per heavy atom. The standard InChI is InChI=1S/C24H26BrFN2O5/c1-16-13-27(14-17-2-5-19(26)6-3-17)10-11-28(16)23(30)15-33-22-8-4-18(25)12-20(22)21(29)7-9-24(31)32/h2-6,8,12,16H,7,9-11,13-15H2,1H3,(H,31,32)/t16-/m1/s1. The minimum absolute atomic E-state index is 0.0307. The van der Waals surface area contributed by atoms with Crippen molar-refractivity contribution in [3.8, 4) is 5.75 Å². The Morgan fingerprint density at radius 1 is 1.12 bits per heavy atom. The van der Waals surface area contributed by atoms with Gasteiger partial charge in [-0.3, -0.25) is 19.3 Å². The molecule has 0 spiro atoms. The summed E-state index contributed by atoms with van der Waals surface area (Å²) in [6, 6.07) is 11.2. The van der Waals surface area contributed by atoms with Crippen LogP contribution < -0.4 is 4.74 Å². The predicted octanol–water partition coefficient (Wildman–Crippen LogP) is 3.75. The van der Waals surface area contributed by atoms with Crippen molar-refractivity contribution < 1.29 is 28.6 Å². The van der Waals surface area contributed by atoms with Crippen molar-refractivity contribution in [2.45, 2.75) is 32.4 Å². The molecule has 1 N–H and O–H groups in total. The number of benzene rings is 2. The number of ketones is 1. The Bertz CT molecular complexity index is 1010. The van der Waals surface area contributed by atoms with Crippen LogP contribution in [0.15, 0.2) is 46.9 Å². The summed E-state index contributed by atoms with van der Waals surface area (Å²) in [6.45, 7) is 4.34. The molecule has 176 valence electrons. The molecule has 0 unspecified atom stereocenters. The maximum atomic E-state index is 13.1. The number of amides is 1. The van der Waals surface area contributed by atoms with E-state index in [4.69, 9.17) is 9.84 Å². The van der Waals surface area contributed by atoms with Crippen LogP contribution in [0.4, 0.5) is 4.39 Å². The average molecular weight is 521 g/mol. The molecule has 0 saturated carbocycles. The third-order valence-electron chi connectivity index (χ3n) is 5.51. The first-order valence-corrected chi connectivity index (χ1v) is 11.5. The van der Waals surface area contributed by atoms with Crippen LogP contribution in [-0.4, -0.2) is 64.8 Å². The van der Waals surface area contributed by atoms with Crippen LogP contribution in [0.5, 0.6) is 5.75 Å². The van der Waals surface area contributed by atoms with Crippen molar-refractivity contribution in [3.63, 3.8) is 0 Å². The van der Waals surface area contributed by atoms with Gasteiger partial charge in [0.25, 0.3) is 5.91 Å². The van der Waals surface area contributed by atoms with Crippen molar-refractivity contribution in [1.82, 2.24) is 9.80 Å². The zero-order chi connectivity index (χ0) is 24.0. The molecule has 1 fully saturated rings. The second-order valence-corrected chi connectivity index (χ2v) is 8.96. The summed E-state index contributed by atoms with van der Waals surface area (Å²) in [5.41, 5.74) is 1.26. The van der Waals surface area contributed by atoms with E-state index in [0.717, 1.165) is 5.56 Å². The molecule has 0 radical (unpaired) electrons. The third kappa shape index (κ3) is 7.10. The Kier molecular flexibility index (Phi) is 8.57. The maximum Gasteiger partial charge on any atom is 0.303 e. The van der Waals surface area contributed by atoms with E-state index < -0.39 is 5.97 Å². The van der Waals surface area contributed by atoms with Gasteiger partial charge in [0.2, 0.25) is 0 Å². The molecule has 2 aromatic rings. The van der Waals surface area contributed by atoms with Crippen LogP contribution in [0, 0.1) is 5.82 Å². The largest absolute Gasteiger partial charge is 0.483 e. The van der Waals surface area contributed by atoms with E-state index in [0.29, 0.717) is 30.7 Å². The lowest BCUT2D eigenvalue weighted by molar-refractivity contribution is -0.138. The molecule has 9 heteroatoms. The fourth-order valence-electron chi connectivity index (χ4n) is 3.82. The van der Waals surface area contributed by atoms with Crippen molar-refractivity contribution in [2.75, 3.05) is 26.2 Å². The van der Waals surface area contributed by atoms with Gasteiger partial charge in [0.05, 0.1) is 12.0 Å². The second kappa shape index (κ2) is 11.4. The summed E-state index contributed by atoms with van der Waals surface area (Å²) in [4.78, 5) is 40.0. The van der Waals surface area contributed by atoms with Crippen LogP contribution in [0.2, 0.25) is 0 Å². The molecule has 1 saturated heterocycles. The predicted molar refractivity (Wildman–Crippen MR) is 124 cm³/mol. The van der Waals surface area contributed by atoms with E-state index >= 15 is 0 Å². The van der Waals surface area contributed by atoms with Crippen LogP contribution in [0.3, 0.4) is 0 Å². The molecule has 7 nitrogen and oxygen atoms in total. The lowest BCUT2D eigenvalue weighted by Crippen LogP contribution is -2.54. The number of ether oxygens (including phenoxy) is 1. The number of rotatable bonds is 9. The highest BCUT2D eigenvalue weighted by Gasteiger charge is 2.28. The van der Waals surface area contributed by atoms with Crippen molar-refractivity contribution in [2.24, 2.45) is 0 Å². The van der Waals surface area contributed by atoms with E-state index in [1.807, 2.05) is 6.92 Å². The van der Waals surface area contributed by atoms with Gasteiger partial charge in [-0.25, -0.2) is 4.39 Å². The van der Waals surface area contributed by atoms with Gasteiger partial charge < -0.3 is 14.7 Å². The highest BCUT2D eigenvalue weighted by molar-refractivity contribution is 9.10. The number of aliphatic carboxylic acids is 1. The zero-order valence-corrected chi connectivity index (χ0v) is 19.9. The summed E-state index contributed by atoms with van der Waals surface area (Å²) in [6.07, 6.45) is -0.424. The van der Waals surface area contributed by atoms with Gasteiger partial charge in [-0.2, -0.15) is 0 Å². The Morgan fingerprint density at radius 2 is 1.85 bits per heavy atom. The molecule has 1 aliphatic rings. The summed E-state index contributed by atoms with van der Waals surface area (Å²) >= 11 is 3.31. The van der Waals surface area contributed by atoms with Gasteiger partial charge in [-0.1, -0.05) is 28.1 Å². The molecular weight excluding hydrogens is 495 g/mol. The second-order valence-electron chi connectivity index (χ2n) is 8.04. The van der Waals surface area contributed by atoms with Crippen LogP contribution in [0.25, 0.3) is 0 Å². The summed E-state index contributed by atoms with van der Waals surface area (Å²) in [7, 11) is 0. The molecule has 0 bridgehead atoms. The van der Waals surface area contributed by atoms with E-state index in [1.165, 1.54) is 12.1 Å². The van der Waals surface area contributed by atoms with E-state index in [1.54, 1.807) is 35.2 Å². The summed E-state index contributed by atoms with van der Waals surface area (Å²) in [5, 5.41) is 8.83. The van der Waals surface area contributed by atoms with Crippen LogP contribution in [-0.2, 0) is 16.1 Å². The van der Waals surface area contributed by atoms with Gasteiger partial charge in [0.15, 0.2) is 12.4 Å². The number of hydrogen-bond donors (Lipinski definition) is 1. The van der Waals surface area contributed by atoms with E-state index in [-0.39, 0.29) is 54.3 Å². The smallest absolute Gasteiger partial charge is 0.303 e. The van der Waals surface area contributed by atoms with Crippen molar-refractivity contribution >= 4 is 33.6 Å². The third-order valence-corrected chi connectivity index (χ3v) is 6.00. The first-order valence-electron chi connectivity index (χ1n) is 10.7. The van der Waals surface area contributed by atoms with Crippen LogP contribution >= 0.6 is 15.9 Å². The summed E-state index contributed by atoms with van der Waals surface area (Å²) in [5.74, 6) is -1.60. The fraction of sp³-hybridized carbons (Fsp3) is 0.375. The Balaban J connectivity index is 1.56. The van der Waals surface area contributed by atoms with Gasteiger partial charge in [0, 0.05) is 43.1 Å². The van der Waals surface area contributed by atoms with Gasteiger partial charge >= 0.3 is 5.97 Å². The van der Waals surface area contributed by atoms with E-state index in [9.17, 15) is 18.8 Å². The first-order chi connectivity index (χ1) is 15.7. The molecule has 0 aliphatic carbocycles. The minimum Gasteiger partial charge on any atom is -0.483 e. The number of hydrogen-bond acceptors (Lipinski definition) is 5. The van der Waals surface area contributed by atoms with Crippen molar-refractivity contribution in [3.05, 3.63) is 63.9 Å². The molecule has 1 amide bonds. The number of piperazine rings is 1. The molecule has 33 heavy (non-hydrogen) atoms. The van der Waals surface area contributed by atoms with Crippen LogP contribution in [0.1, 0.15) is 35.7 Å². The highest BCUT2D eigenvalue weighted by Crippen LogP contribution is 2.25. The Hall–Kier alpha value is -2.78. The lowest BCUT2D eigenvalue weighted by atomic mass is 10.1. The van der Waals surface area contributed by atoms with Gasteiger partial charge in [-0.05, 0) is 42.8 Å². The number of Topliss-reactive ketones (excluding diaryl/α,β-unsaturated/α-hetero) is 1. The monoisotopic (exact) mass is 520 g/mol. The topological polar surface area (TPSA) is 87.2 Å². The average Bonchev–Trinajstić information content (AvgIpc) is 2.78. The van der Waals surface area contributed by atoms with E-state index in [2.05, 4.69) is 20.8 Å². The molecule has 3 rings (SSSR count). The maximum absolute atomic E-state index is 13.1. The minimum atomic E-state index is -1.05. The number of halogens is 2. The lowest BCUT2D eigenvalue weighted by Gasteiger charge is -2.39. The number of carbonyl (C=O) groups excluding carboxylic acids is 2. The zero-order valence-electron chi connectivity index (χ0n) is 18.3. The Labute approximate surface area is 200 Å². The highest BCUT2D eigenvalue weighted by atomic mass is 79.9. The summed E-state index contributed by atoms with van der Waals surface area (Å²) < 4.78 is 19.5. The SMILES string of the molecule is C[C@@H]1CN(Cc2ccc(F)cc2)CCN1C(=O)COc1ccc(Br)cc1C(=O)CCC(=O)O. The quantitative estimate of drug-likeness (QED) is 0.506. The molecule has 0 aromatic heterocycles. The molecule has 2 aromatic carbocycles. The number of carboxylic acid groups (broad SMARTS) is 1. The fourth-order valence-corrected chi connectivity index (χ4v) is 4.18. The normalized spacial score (nSPS) is 16.5. The molecule has 1 atom stereocenters. The van der Waals surface area contributed by atoms with Gasteiger partial charge in [-0.15, -0.1) is 0 Å². The number of nitrogens with zero attached hydrogens (tertiary/aromatic N) is 2. The van der Waals surface area contributed by atoms with Gasteiger partial charge in [0.1, 0.15) is 11.6 Å².